The highest BCUT2D eigenvalue weighted by Gasteiger charge is 2.14. The molecule has 17 heavy (non-hydrogen) atoms. The summed E-state index contributed by atoms with van der Waals surface area (Å²) in [6.45, 7) is 5.83. The normalized spacial score (nSPS) is 10.4. The molecular weight excluding hydrogens is 282 g/mol. The van der Waals surface area contributed by atoms with Crippen LogP contribution in [0.15, 0.2) is 22.7 Å². The van der Waals surface area contributed by atoms with Crippen LogP contribution < -0.4 is 0 Å². The number of benzene rings is 1. The highest BCUT2D eigenvalue weighted by Crippen LogP contribution is 2.18. The average molecular weight is 300 g/mol. The second-order valence-corrected chi connectivity index (χ2v) is 4.70. The minimum absolute atomic E-state index is 0.0557. The smallest absolute Gasteiger partial charge is 0.253 e. The van der Waals surface area contributed by atoms with Gasteiger partial charge in [0.25, 0.3) is 5.91 Å². The number of halogens is 1. The van der Waals surface area contributed by atoms with E-state index in [0.717, 1.165) is 15.6 Å². The van der Waals surface area contributed by atoms with Crippen LogP contribution in [-0.4, -0.2) is 37.6 Å². The molecular formula is C13H18BrNO2. The lowest BCUT2D eigenvalue weighted by atomic mass is 10.1. The number of ether oxygens (including phenoxy) is 1. The van der Waals surface area contributed by atoms with E-state index >= 15 is 0 Å². The van der Waals surface area contributed by atoms with Crippen molar-refractivity contribution in [3.05, 3.63) is 33.8 Å². The summed E-state index contributed by atoms with van der Waals surface area (Å²) in [5.41, 5.74) is 1.79. The van der Waals surface area contributed by atoms with Gasteiger partial charge in [-0.3, -0.25) is 4.79 Å². The number of likely N-dealkylation sites (N-methyl/N-ethyl adjacent to an activating group) is 1. The van der Waals surface area contributed by atoms with Crippen molar-refractivity contribution in [2.75, 3.05) is 26.8 Å². The van der Waals surface area contributed by atoms with Crippen molar-refractivity contribution in [2.45, 2.75) is 13.8 Å². The lowest BCUT2D eigenvalue weighted by Crippen LogP contribution is -2.33. The van der Waals surface area contributed by atoms with Crippen LogP contribution in [0.25, 0.3) is 0 Å². The molecule has 4 heteroatoms. The summed E-state index contributed by atoms with van der Waals surface area (Å²) in [7, 11) is 1.64. The third kappa shape index (κ3) is 3.82. The summed E-state index contributed by atoms with van der Waals surface area (Å²) in [5.74, 6) is 0.0557. The van der Waals surface area contributed by atoms with Crippen molar-refractivity contribution in [3.8, 4) is 0 Å². The average Bonchev–Trinajstić information content (AvgIpc) is 2.33. The summed E-state index contributed by atoms with van der Waals surface area (Å²) < 4.78 is 6.02. The molecule has 3 nitrogen and oxygen atoms in total. The van der Waals surface area contributed by atoms with Crippen LogP contribution in [0, 0.1) is 6.92 Å². The Morgan fingerprint density at radius 3 is 2.71 bits per heavy atom. The minimum Gasteiger partial charge on any atom is -0.383 e. The van der Waals surface area contributed by atoms with Gasteiger partial charge in [-0.15, -0.1) is 0 Å². The van der Waals surface area contributed by atoms with Gasteiger partial charge >= 0.3 is 0 Å². The Morgan fingerprint density at radius 1 is 1.47 bits per heavy atom. The number of rotatable bonds is 5. The summed E-state index contributed by atoms with van der Waals surface area (Å²) in [5, 5.41) is 0. The van der Waals surface area contributed by atoms with Gasteiger partial charge in [0.2, 0.25) is 0 Å². The summed E-state index contributed by atoms with van der Waals surface area (Å²) in [6.07, 6.45) is 0. The molecule has 0 spiro atoms. The first kappa shape index (κ1) is 14.2. The molecule has 1 rings (SSSR count). The highest BCUT2D eigenvalue weighted by molar-refractivity contribution is 9.10. The van der Waals surface area contributed by atoms with Crippen molar-refractivity contribution >= 4 is 21.8 Å². The molecule has 1 aromatic rings. The second-order valence-electron chi connectivity index (χ2n) is 3.84. The van der Waals surface area contributed by atoms with Gasteiger partial charge in [0.05, 0.1) is 6.61 Å². The van der Waals surface area contributed by atoms with Crippen molar-refractivity contribution in [3.63, 3.8) is 0 Å². The quantitative estimate of drug-likeness (QED) is 0.837. The summed E-state index contributed by atoms with van der Waals surface area (Å²) in [4.78, 5) is 14.0. The Morgan fingerprint density at radius 2 is 2.18 bits per heavy atom. The van der Waals surface area contributed by atoms with E-state index in [1.165, 1.54) is 0 Å². The largest absolute Gasteiger partial charge is 0.383 e. The van der Waals surface area contributed by atoms with Gasteiger partial charge in [-0.2, -0.15) is 0 Å². The molecule has 0 aliphatic rings. The first-order chi connectivity index (χ1) is 8.10. The zero-order valence-corrected chi connectivity index (χ0v) is 12.1. The van der Waals surface area contributed by atoms with Gasteiger partial charge in [-0.25, -0.2) is 0 Å². The number of aryl methyl sites for hydroxylation is 1. The molecule has 0 radical (unpaired) electrons. The van der Waals surface area contributed by atoms with Gasteiger partial charge in [-0.1, -0.05) is 15.9 Å². The van der Waals surface area contributed by atoms with E-state index in [2.05, 4.69) is 15.9 Å². The van der Waals surface area contributed by atoms with Crippen LogP contribution in [0.4, 0.5) is 0 Å². The maximum absolute atomic E-state index is 12.2. The first-order valence-electron chi connectivity index (χ1n) is 5.64. The number of amides is 1. The molecule has 0 atom stereocenters. The van der Waals surface area contributed by atoms with Gasteiger partial charge in [0, 0.05) is 30.2 Å². The van der Waals surface area contributed by atoms with Gasteiger partial charge in [0.1, 0.15) is 0 Å². The SMILES string of the molecule is CCN(CCOC)C(=O)c1ccc(Br)c(C)c1. The Labute approximate surface area is 111 Å². The standard InChI is InChI=1S/C13H18BrNO2/c1-4-15(7-8-17-3)13(16)11-5-6-12(14)10(2)9-11/h5-6,9H,4,7-8H2,1-3H3. The fourth-order valence-electron chi connectivity index (χ4n) is 1.57. The Hall–Kier alpha value is -0.870. The monoisotopic (exact) mass is 299 g/mol. The number of carbonyl (C=O) groups excluding carboxylic acids is 1. The number of carbonyl (C=O) groups is 1. The molecule has 0 bridgehead atoms. The fraction of sp³-hybridized carbons (Fsp3) is 0.462. The second kappa shape index (κ2) is 6.77. The zero-order valence-electron chi connectivity index (χ0n) is 10.5. The van der Waals surface area contributed by atoms with E-state index in [9.17, 15) is 4.79 Å². The van der Waals surface area contributed by atoms with Gasteiger partial charge in [-0.05, 0) is 37.6 Å². The van der Waals surface area contributed by atoms with Crippen LogP contribution in [0.3, 0.4) is 0 Å². The lowest BCUT2D eigenvalue weighted by Gasteiger charge is -2.20. The first-order valence-corrected chi connectivity index (χ1v) is 6.43. The van der Waals surface area contributed by atoms with E-state index in [-0.39, 0.29) is 5.91 Å². The molecule has 0 aromatic heterocycles. The number of hydrogen-bond acceptors (Lipinski definition) is 2. The number of hydrogen-bond donors (Lipinski definition) is 0. The number of nitrogens with zero attached hydrogens (tertiary/aromatic N) is 1. The molecule has 0 saturated carbocycles. The third-order valence-corrected chi connectivity index (χ3v) is 3.53. The van der Waals surface area contributed by atoms with Crippen LogP contribution in [0.1, 0.15) is 22.8 Å². The Bertz CT molecular complexity index is 393. The van der Waals surface area contributed by atoms with Crippen molar-refractivity contribution in [2.24, 2.45) is 0 Å². The Balaban J connectivity index is 2.82. The molecule has 0 fully saturated rings. The fourth-order valence-corrected chi connectivity index (χ4v) is 1.81. The van der Waals surface area contributed by atoms with E-state index < -0.39 is 0 Å². The lowest BCUT2D eigenvalue weighted by molar-refractivity contribution is 0.0706. The molecule has 94 valence electrons. The molecule has 1 aromatic carbocycles. The van der Waals surface area contributed by atoms with E-state index in [0.29, 0.717) is 19.7 Å². The van der Waals surface area contributed by atoms with Crippen LogP contribution in [0.5, 0.6) is 0 Å². The molecule has 0 heterocycles. The molecule has 1 amide bonds. The summed E-state index contributed by atoms with van der Waals surface area (Å²) in [6, 6.07) is 5.66. The van der Waals surface area contributed by atoms with E-state index in [1.54, 1.807) is 12.0 Å². The Kier molecular flexibility index (Phi) is 5.65. The van der Waals surface area contributed by atoms with Gasteiger partial charge < -0.3 is 9.64 Å². The number of methoxy groups -OCH3 is 1. The third-order valence-electron chi connectivity index (χ3n) is 2.64. The van der Waals surface area contributed by atoms with E-state index in [1.807, 2.05) is 32.0 Å². The van der Waals surface area contributed by atoms with E-state index in [4.69, 9.17) is 4.74 Å². The van der Waals surface area contributed by atoms with Crippen LogP contribution in [0.2, 0.25) is 0 Å². The summed E-state index contributed by atoms with van der Waals surface area (Å²) >= 11 is 3.43. The van der Waals surface area contributed by atoms with Crippen molar-refractivity contribution in [1.82, 2.24) is 4.90 Å². The zero-order chi connectivity index (χ0) is 12.8. The molecule has 0 saturated heterocycles. The van der Waals surface area contributed by atoms with Gasteiger partial charge in [0.15, 0.2) is 0 Å². The molecule has 0 unspecified atom stereocenters. The topological polar surface area (TPSA) is 29.5 Å². The van der Waals surface area contributed by atoms with Crippen LogP contribution >= 0.6 is 15.9 Å². The van der Waals surface area contributed by atoms with Crippen molar-refractivity contribution < 1.29 is 9.53 Å². The molecule has 0 aliphatic carbocycles. The van der Waals surface area contributed by atoms with Crippen LogP contribution in [-0.2, 0) is 4.74 Å². The molecule has 0 N–H and O–H groups in total. The maximum Gasteiger partial charge on any atom is 0.253 e. The predicted molar refractivity (Wildman–Crippen MR) is 72.3 cm³/mol. The highest BCUT2D eigenvalue weighted by atomic mass is 79.9. The molecule has 0 aliphatic heterocycles. The minimum atomic E-state index is 0.0557. The predicted octanol–water partition coefficient (Wildman–Crippen LogP) is 2.87. The van der Waals surface area contributed by atoms with Crippen molar-refractivity contribution in [1.29, 1.82) is 0 Å². The maximum atomic E-state index is 12.2.